The summed E-state index contributed by atoms with van der Waals surface area (Å²) in [5.74, 6) is -0.872. The zero-order valence-corrected chi connectivity index (χ0v) is 31.9. The quantitative estimate of drug-likeness (QED) is 0.239. The molecule has 0 saturated carbocycles. The van der Waals surface area contributed by atoms with Crippen LogP contribution in [0.4, 0.5) is 11.4 Å². The highest BCUT2D eigenvalue weighted by Gasteiger charge is 2.66. The van der Waals surface area contributed by atoms with Crippen LogP contribution in [0, 0.1) is 5.92 Å². The maximum absolute atomic E-state index is 15.0. The van der Waals surface area contributed by atoms with Crippen LogP contribution in [0.25, 0.3) is 0 Å². The number of aliphatic hydroxyl groups is 1. The Balaban J connectivity index is 1.37. The van der Waals surface area contributed by atoms with E-state index in [0.29, 0.717) is 43.9 Å². The third-order valence-electron chi connectivity index (χ3n) is 11.3. The lowest BCUT2D eigenvalue weighted by atomic mass is 9.82. The highest BCUT2D eigenvalue weighted by molar-refractivity contribution is 6.71. The summed E-state index contributed by atoms with van der Waals surface area (Å²) in [7, 11) is -3.04. The highest BCUT2D eigenvalue weighted by atomic mass is 28.4. The van der Waals surface area contributed by atoms with Crippen molar-refractivity contribution in [2.45, 2.75) is 96.3 Å². The number of carbonyl (C=O) groups excluding carboxylic acids is 3. The first-order valence-electron chi connectivity index (χ1n) is 18.4. The fraction of sp³-hybridized carbons (Fsp3) is 0.525. The number of allylic oxidation sites excluding steroid dienone is 3. The zero-order valence-electron chi connectivity index (χ0n) is 30.9. The van der Waals surface area contributed by atoms with Gasteiger partial charge in [0.25, 0.3) is 5.91 Å². The summed E-state index contributed by atoms with van der Waals surface area (Å²) in [5.41, 5.74) is 4.85. The van der Waals surface area contributed by atoms with Gasteiger partial charge in [0.2, 0.25) is 11.8 Å². The van der Waals surface area contributed by atoms with E-state index in [1.54, 1.807) is 14.7 Å². The molecule has 51 heavy (non-hydrogen) atoms. The molecule has 0 bridgehead atoms. The minimum absolute atomic E-state index is 0.0195. The summed E-state index contributed by atoms with van der Waals surface area (Å²) in [5, 5.41) is 13.5. The van der Waals surface area contributed by atoms with Gasteiger partial charge < -0.3 is 34.7 Å². The lowest BCUT2D eigenvalue weighted by Gasteiger charge is -2.37. The Morgan fingerprint density at radius 2 is 1.84 bits per heavy atom. The number of hydrogen-bond acceptors (Lipinski definition) is 7. The van der Waals surface area contributed by atoms with Crippen molar-refractivity contribution in [3.63, 3.8) is 0 Å². The standard InChI is InChI=1S/C40H54N4O6Si/c1-26(2)10-9-11-27(3)16-18-43-34-15-14-31(42-19-17-41-23-37(42)47)21-33(34)40(39(43)48)28(4)38(51(5,6)49)35(50-40)22-36(46)44-24-30-13-8-7-12-29(30)20-32(44)25-45/h7-8,10,12-16,21,28,32,35,38,41,45,49H,9,11,17-20,22-25H2,1-6H3/b27-16+/t28-,32+,35+,38-,40+/m1/s1. The van der Waals surface area contributed by atoms with Gasteiger partial charge in [-0.3, -0.25) is 14.4 Å². The van der Waals surface area contributed by atoms with E-state index in [0.717, 1.165) is 29.7 Å². The number of nitrogens with zero attached hydrogens (tertiary/aromatic N) is 3. The third kappa shape index (κ3) is 7.11. The van der Waals surface area contributed by atoms with E-state index in [1.807, 2.05) is 62.5 Å². The molecule has 0 unspecified atom stereocenters. The lowest BCUT2D eigenvalue weighted by molar-refractivity contribution is -0.150. The normalized spacial score (nSPS) is 26.5. The number of amides is 3. The topological polar surface area (TPSA) is 123 Å². The van der Waals surface area contributed by atoms with E-state index in [2.05, 4.69) is 38.2 Å². The molecular weight excluding hydrogens is 661 g/mol. The summed E-state index contributed by atoms with van der Waals surface area (Å²) in [4.78, 5) is 59.3. The molecule has 3 amide bonds. The molecule has 0 radical (unpaired) electrons. The predicted molar refractivity (Wildman–Crippen MR) is 202 cm³/mol. The van der Waals surface area contributed by atoms with Crippen LogP contribution in [-0.2, 0) is 37.7 Å². The van der Waals surface area contributed by atoms with Crippen molar-refractivity contribution in [3.8, 4) is 0 Å². The number of benzene rings is 2. The molecular formula is C40H54N4O6Si. The first-order chi connectivity index (χ1) is 24.3. The Kier molecular flexibility index (Phi) is 10.8. The number of anilines is 2. The van der Waals surface area contributed by atoms with E-state index in [4.69, 9.17) is 4.74 Å². The Morgan fingerprint density at radius 1 is 1.10 bits per heavy atom. The van der Waals surface area contributed by atoms with Gasteiger partial charge in [-0.2, -0.15) is 0 Å². The van der Waals surface area contributed by atoms with Gasteiger partial charge in [0.15, 0.2) is 13.9 Å². The number of nitrogens with one attached hydrogen (secondary N) is 1. The molecule has 3 N–H and O–H groups in total. The van der Waals surface area contributed by atoms with Crippen LogP contribution >= 0.6 is 0 Å². The molecule has 6 rings (SSSR count). The van der Waals surface area contributed by atoms with Crippen LogP contribution in [0.15, 0.2) is 65.8 Å². The number of hydrogen-bond donors (Lipinski definition) is 3. The van der Waals surface area contributed by atoms with E-state index in [9.17, 15) is 24.3 Å². The summed E-state index contributed by atoms with van der Waals surface area (Å²) < 4.78 is 7.03. The van der Waals surface area contributed by atoms with Crippen LogP contribution in [-0.4, -0.2) is 85.8 Å². The average Bonchev–Trinajstić information content (AvgIpc) is 3.52. The molecule has 0 aliphatic carbocycles. The third-order valence-corrected chi connectivity index (χ3v) is 13.8. The number of fused-ring (bicyclic) bond motifs is 3. The molecule has 1 spiro atoms. The molecule has 2 aromatic rings. The fourth-order valence-electron chi connectivity index (χ4n) is 8.76. The maximum atomic E-state index is 15.0. The van der Waals surface area contributed by atoms with Crippen molar-refractivity contribution < 1.29 is 29.0 Å². The molecule has 0 aromatic heterocycles. The number of aliphatic hydroxyl groups excluding tert-OH is 1. The molecule has 4 heterocycles. The monoisotopic (exact) mass is 714 g/mol. The van der Waals surface area contributed by atoms with Crippen molar-refractivity contribution in [2.75, 3.05) is 42.6 Å². The Morgan fingerprint density at radius 3 is 2.53 bits per heavy atom. The minimum atomic E-state index is -3.04. The smallest absolute Gasteiger partial charge is 0.264 e. The van der Waals surface area contributed by atoms with Crippen LogP contribution in [0.3, 0.4) is 0 Å². The summed E-state index contributed by atoms with van der Waals surface area (Å²) >= 11 is 0. The van der Waals surface area contributed by atoms with Gasteiger partial charge in [-0.05, 0) is 82.5 Å². The first-order valence-corrected chi connectivity index (χ1v) is 21.4. The van der Waals surface area contributed by atoms with Gasteiger partial charge in [0.1, 0.15) is 0 Å². The van der Waals surface area contributed by atoms with E-state index in [1.165, 1.54) is 11.1 Å². The largest absolute Gasteiger partial charge is 0.432 e. The van der Waals surface area contributed by atoms with Crippen molar-refractivity contribution in [1.29, 1.82) is 0 Å². The number of rotatable bonds is 10. The second-order valence-corrected chi connectivity index (χ2v) is 19.6. The second kappa shape index (κ2) is 14.8. The molecule has 11 heteroatoms. The number of piperazine rings is 1. The van der Waals surface area contributed by atoms with Crippen molar-refractivity contribution in [3.05, 3.63) is 82.5 Å². The predicted octanol–water partition coefficient (Wildman–Crippen LogP) is 4.80. The maximum Gasteiger partial charge on any atom is 0.264 e. The van der Waals surface area contributed by atoms with E-state index < -0.39 is 31.5 Å². The van der Waals surface area contributed by atoms with Crippen molar-refractivity contribution >= 4 is 37.4 Å². The van der Waals surface area contributed by atoms with Crippen LogP contribution in [0.1, 0.15) is 63.6 Å². The van der Waals surface area contributed by atoms with Crippen LogP contribution < -0.4 is 15.1 Å². The Bertz CT molecular complexity index is 1730. The Labute approximate surface area is 303 Å². The fourth-order valence-corrected chi connectivity index (χ4v) is 11.3. The molecule has 2 saturated heterocycles. The average molecular weight is 715 g/mol. The molecule has 10 nitrogen and oxygen atoms in total. The molecule has 2 fully saturated rings. The second-order valence-electron chi connectivity index (χ2n) is 15.6. The molecule has 4 aliphatic heterocycles. The zero-order chi connectivity index (χ0) is 36.7. The van der Waals surface area contributed by atoms with Crippen molar-refractivity contribution in [1.82, 2.24) is 10.2 Å². The highest BCUT2D eigenvalue weighted by Crippen LogP contribution is 2.60. The van der Waals surface area contributed by atoms with Gasteiger partial charge in [-0.15, -0.1) is 0 Å². The SMILES string of the molecule is CC(C)=CCC/C(C)=C/CN1C(=O)[C@@]2(O[C@@H](CC(=O)N3Cc4ccccc4C[C@H]3CO)[C@H]([Si](C)(C)O)[C@H]2C)c2cc(N3CCNCC3=O)ccc21. The Hall–Kier alpha value is -3.61. The van der Waals surface area contributed by atoms with Crippen LogP contribution in [0.5, 0.6) is 0 Å². The first kappa shape index (κ1) is 37.2. The lowest BCUT2D eigenvalue weighted by Crippen LogP contribution is -2.48. The molecule has 5 atom stereocenters. The number of carbonyl (C=O) groups is 3. The summed E-state index contributed by atoms with van der Waals surface area (Å²) in [6.45, 7) is 13.9. The summed E-state index contributed by atoms with van der Waals surface area (Å²) in [6.07, 6.45) is 5.93. The molecule has 2 aromatic carbocycles. The van der Waals surface area contributed by atoms with Gasteiger partial charge in [0, 0.05) is 48.9 Å². The molecule has 4 aliphatic rings. The van der Waals surface area contributed by atoms with Gasteiger partial charge in [0.05, 0.1) is 37.4 Å². The van der Waals surface area contributed by atoms with Crippen LogP contribution in [0.2, 0.25) is 18.6 Å². The van der Waals surface area contributed by atoms with E-state index in [-0.39, 0.29) is 43.3 Å². The molecule has 274 valence electrons. The van der Waals surface area contributed by atoms with E-state index >= 15 is 0 Å². The minimum Gasteiger partial charge on any atom is -0.432 e. The van der Waals surface area contributed by atoms with Gasteiger partial charge >= 0.3 is 0 Å². The van der Waals surface area contributed by atoms with Crippen molar-refractivity contribution in [2.24, 2.45) is 5.92 Å². The number of ether oxygens (including phenoxy) is 1. The van der Waals surface area contributed by atoms with Gasteiger partial charge in [-0.1, -0.05) is 54.5 Å². The summed E-state index contributed by atoms with van der Waals surface area (Å²) in [6, 6.07) is 13.4. The van der Waals surface area contributed by atoms with Gasteiger partial charge in [-0.25, -0.2) is 0 Å².